The van der Waals surface area contributed by atoms with Crippen molar-refractivity contribution in [2.45, 2.75) is 31.5 Å². The van der Waals surface area contributed by atoms with E-state index in [1.165, 1.54) is 17.0 Å². The number of esters is 1. The Morgan fingerprint density at radius 2 is 1.81 bits per heavy atom. The molecule has 31 heavy (non-hydrogen) atoms. The Labute approximate surface area is 186 Å². The van der Waals surface area contributed by atoms with Crippen LogP contribution in [0.15, 0.2) is 36.4 Å². The molecule has 0 saturated carbocycles. The van der Waals surface area contributed by atoms with E-state index in [4.69, 9.17) is 28.9 Å². The van der Waals surface area contributed by atoms with Gasteiger partial charge < -0.3 is 15.4 Å². The average molecular weight is 475 g/mol. The molecule has 1 heterocycles. The molecule has 0 spiro atoms. The Morgan fingerprint density at radius 3 is 2.42 bits per heavy atom. The molecule has 166 valence electrons. The van der Waals surface area contributed by atoms with Gasteiger partial charge in [-0.05, 0) is 42.0 Å². The van der Waals surface area contributed by atoms with E-state index >= 15 is 0 Å². The number of piperidine rings is 1. The molecule has 3 rings (SSSR count). The number of rotatable bonds is 4. The topological polar surface area (TPSA) is 72.6 Å². The first-order chi connectivity index (χ1) is 14.6. The molecule has 0 atom stereocenters. The zero-order chi connectivity index (χ0) is 22.8. The van der Waals surface area contributed by atoms with Gasteiger partial charge in [-0.2, -0.15) is 13.2 Å². The van der Waals surface area contributed by atoms with Crippen LogP contribution in [-0.2, 0) is 11.3 Å². The Hall–Kier alpha value is -2.29. The summed E-state index contributed by atoms with van der Waals surface area (Å²) < 4.78 is 42.4. The van der Waals surface area contributed by atoms with Gasteiger partial charge in [0.2, 0.25) is 0 Å². The number of benzene rings is 2. The van der Waals surface area contributed by atoms with Gasteiger partial charge in [-0.15, -0.1) is 0 Å². The van der Waals surface area contributed by atoms with Crippen LogP contribution in [0.1, 0.15) is 40.2 Å². The van der Waals surface area contributed by atoms with Crippen molar-refractivity contribution >= 4 is 35.1 Å². The molecule has 0 bridgehead atoms. The number of carbonyl (C=O) groups excluding carboxylic acids is 2. The number of nitrogens with two attached hydrogens (primary N) is 1. The van der Waals surface area contributed by atoms with Crippen molar-refractivity contribution in [3.8, 4) is 5.75 Å². The minimum atomic E-state index is -5.25. The molecule has 0 radical (unpaired) electrons. The Morgan fingerprint density at radius 1 is 1.13 bits per heavy atom. The third kappa shape index (κ3) is 5.31. The lowest BCUT2D eigenvalue weighted by Gasteiger charge is -2.33. The summed E-state index contributed by atoms with van der Waals surface area (Å²) in [5.41, 5.74) is 7.58. The van der Waals surface area contributed by atoms with Crippen molar-refractivity contribution in [3.63, 3.8) is 0 Å². The van der Waals surface area contributed by atoms with Crippen LogP contribution >= 0.6 is 23.2 Å². The first-order valence-electron chi connectivity index (χ1n) is 9.47. The number of ether oxygens (including phenoxy) is 1. The molecule has 1 aliphatic rings. The highest BCUT2D eigenvalue weighted by molar-refractivity contribution is 6.43. The molecule has 0 aromatic heterocycles. The molecule has 1 saturated heterocycles. The Bertz CT molecular complexity index is 990. The summed E-state index contributed by atoms with van der Waals surface area (Å²) in [4.78, 5) is 25.8. The van der Waals surface area contributed by atoms with Crippen molar-refractivity contribution in [3.05, 3.63) is 63.1 Å². The van der Waals surface area contributed by atoms with E-state index in [0.717, 1.165) is 11.1 Å². The molecule has 2 aromatic carbocycles. The second kappa shape index (κ2) is 9.46. The van der Waals surface area contributed by atoms with E-state index in [9.17, 15) is 22.8 Å². The highest BCUT2D eigenvalue weighted by Gasteiger charge is 2.42. The smallest absolute Gasteiger partial charge is 0.417 e. The number of hydrogen-bond acceptors (Lipinski definition) is 4. The number of likely N-dealkylation sites (tertiary alicyclic amines) is 1. The summed E-state index contributed by atoms with van der Waals surface area (Å²) in [5.74, 6) is -3.53. The standard InChI is InChI=1S/C21H19Cl2F3N2O3/c22-16-5-4-15(18(17(16)23)31-20(30)21(24,25)26)19(29)28-8-6-13(7-9-28)14-3-1-2-12(10-14)11-27/h1-5,10,13H,6-9,11,27H2. The number of carbonyl (C=O) groups is 2. The Kier molecular flexibility index (Phi) is 7.13. The van der Waals surface area contributed by atoms with E-state index in [-0.39, 0.29) is 16.5 Å². The van der Waals surface area contributed by atoms with Crippen molar-refractivity contribution < 1.29 is 27.5 Å². The van der Waals surface area contributed by atoms with E-state index < -0.39 is 28.8 Å². The fourth-order valence-corrected chi connectivity index (χ4v) is 3.86. The van der Waals surface area contributed by atoms with Gasteiger partial charge in [-0.3, -0.25) is 4.79 Å². The van der Waals surface area contributed by atoms with Gasteiger partial charge >= 0.3 is 12.1 Å². The zero-order valence-electron chi connectivity index (χ0n) is 16.2. The summed E-state index contributed by atoms with van der Waals surface area (Å²) >= 11 is 11.8. The van der Waals surface area contributed by atoms with Crippen LogP contribution in [0.25, 0.3) is 0 Å². The predicted octanol–water partition coefficient (Wildman–Crippen LogP) is 4.94. The van der Waals surface area contributed by atoms with Gasteiger partial charge in [-0.1, -0.05) is 47.5 Å². The highest BCUT2D eigenvalue weighted by atomic mass is 35.5. The molecule has 10 heteroatoms. The van der Waals surface area contributed by atoms with E-state index in [1.807, 2.05) is 24.3 Å². The lowest BCUT2D eigenvalue weighted by Crippen LogP contribution is -2.38. The van der Waals surface area contributed by atoms with Crippen molar-refractivity contribution in [1.82, 2.24) is 4.90 Å². The molecule has 2 N–H and O–H groups in total. The quantitative estimate of drug-likeness (QED) is 0.503. The molecule has 5 nitrogen and oxygen atoms in total. The van der Waals surface area contributed by atoms with Crippen molar-refractivity contribution in [2.24, 2.45) is 5.73 Å². The second-order valence-corrected chi connectivity index (χ2v) is 7.93. The van der Waals surface area contributed by atoms with Crippen LogP contribution in [-0.4, -0.2) is 36.0 Å². The van der Waals surface area contributed by atoms with E-state index in [1.54, 1.807) is 0 Å². The second-order valence-electron chi connectivity index (χ2n) is 7.14. The molecular weight excluding hydrogens is 456 g/mol. The van der Waals surface area contributed by atoms with Gasteiger partial charge in [0, 0.05) is 19.6 Å². The van der Waals surface area contributed by atoms with Crippen LogP contribution in [0.3, 0.4) is 0 Å². The van der Waals surface area contributed by atoms with Crippen LogP contribution in [0.5, 0.6) is 5.75 Å². The third-order valence-electron chi connectivity index (χ3n) is 5.15. The predicted molar refractivity (Wildman–Crippen MR) is 110 cm³/mol. The minimum Gasteiger partial charge on any atom is -0.417 e. The SMILES string of the molecule is NCc1cccc(C2CCN(C(=O)c3ccc(Cl)c(Cl)c3OC(=O)C(F)(F)F)CC2)c1. The average Bonchev–Trinajstić information content (AvgIpc) is 2.76. The van der Waals surface area contributed by atoms with Gasteiger partial charge in [0.25, 0.3) is 5.91 Å². The first-order valence-corrected chi connectivity index (χ1v) is 10.2. The number of nitrogens with zero attached hydrogens (tertiary/aromatic N) is 1. The molecule has 0 unspecified atom stereocenters. The minimum absolute atomic E-state index is 0.137. The monoisotopic (exact) mass is 474 g/mol. The van der Waals surface area contributed by atoms with Crippen LogP contribution in [0.2, 0.25) is 10.0 Å². The molecule has 2 aromatic rings. The number of amides is 1. The molecule has 0 aliphatic carbocycles. The molecule has 1 fully saturated rings. The van der Waals surface area contributed by atoms with Gasteiger partial charge in [0.05, 0.1) is 10.6 Å². The third-order valence-corrected chi connectivity index (χ3v) is 5.93. The van der Waals surface area contributed by atoms with Crippen molar-refractivity contribution in [2.75, 3.05) is 13.1 Å². The zero-order valence-corrected chi connectivity index (χ0v) is 17.7. The maximum atomic E-state index is 13.0. The maximum Gasteiger partial charge on any atom is 0.491 e. The summed E-state index contributed by atoms with van der Waals surface area (Å²) in [7, 11) is 0. The number of alkyl halides is 3. The van der Waals surface area contributed by atoms with E-state index in [2.05, 4.69) is 4.74 Å². The highest BCUT2D eigenvalue weighted by Crippen LogP contribution is 2.38. The lowest BCUT2D eigenvalue weighted by molar-refractivity contribution is -0.189. The fourth-order valence-electron chi connectivity index (χ4n) is 3.51. The van der Waals surface area contributed by atoms with Gasteiger partial charge in [-0.25, -0.2) is 4.79 Å². The van der Waals surface area contributed by atoms with Gasteiger partial charge in [0.1, 0.15) is 5.02 Å². The number of halogens is 5. The van der Waals surface area contributed by atoms with Crippen LogP contribution < -0.4 is 10.5 Å². The molecular formula is C21H19Cl2F3N2O3. The molecule has 1 aliphatic heterocycles. The fraction of sp³-hybridized carbons (Fsp3) is 0.333. The van der Waals surface area contributed by atoms with Crippen LogP contribution in [0.4, 0.5) is 13.2 Å². The normalized spacial score (nSPS) is 15.1. The summed E-state index contributed by atoms with van der Waals surface area (Å²) in [5, 5.41) is -0.569. The van der Waals surface area contributed by atoms with Gasteiger partial charge in [0.15, 0.2) is 5.75 Å². The maximum absolute atomic E-state index is 13.0. The number of hydrogen-bond donors (Lipinski definition) is 1. The molecule has 1 amide bonds. The lowest BCUT2D eigenvalue weighted by atomic mass is 9.88. The summed E-state index contributed by atoms with van der Waals surface area (Å²) in [6, 6.07) is 10.4. The van der Waals surface area contributed by atoms with E-state index in [0.29, 0.717) is 32.5 Å². The van der Waals surface area contributed by atoms with Crippen molar-refractivity contribution in [1.29, 1.82) is 0 Å². The summed E-state index contributed by atoms with van der Waals surface area (Å²) in [6.45, 7) is 1.19. The first kappa shape index (κ1) is 23.4. The summed E-state index contributed by atoms with van der Waals surface area (Å²) in [6.07, 6.45) is -3.92. The Balaban J connectivity index is 1.78. The largest absolute Gasteiger partial charge is 0.491 e. The van der Waals surface area contributed by atoms with Crippen LogP contribution in [0, 0.1) is 0 Å².